The lowest BCUT2D eigenvalue weighted by Crippen LogP contribution is -2.36. The van der Waals surface area contributed by atoms with E-state index in [-0.39, 0.29) is 12.5 Å². The lowest BCUT2D eigenvalue weighted by molar-refractivity contribution is -0.127. The summed E-state index contributed by atoms with van der Waals surface area (Å²) in [5.41, 5.74) is 0. The molecular formula is C12H13FN4O2. The van der Waals surface area contributed by atoms with E-state index >= 15 is 0 Å². The Morgan fingerprint density at radius 2 is 2.42 bits per heavy atom. The van der Waals surface area contributed by atoms with Crippen molar-refractivity contribution in [2.24, 2.45) is 0 Å². The van der Waals surface area contributed by atoms with Crippen molar-refractivity contribution in [2.75, 3.05) is 0 Å². The van der Waals surface area contributed by atoms with Gasteiger partial charge in [0.2, 0.25) is 0 Å². The van der Waals surface area contributed by atoms with Crippen molar-refractivity contribution in [2.45, 2.75) is 19.6 Å². The molecule has 0 aliphatic heterocycles. The van der Waals surface area contributed by atoms with Gasteiger partial charge in [-0.15, -0.1) is 0 Å². The summed E-state index contributed by atoms with van der Waals surface area (Å²) in [5.74, 6) is 0.126. The molecule has 0 bridgehead atoms. The van der Waals surface area contributed by atoms with Gasteiger partial charge in [-0.1, -0.05) is 6.07 Å². The number of nitrogens with zero attached hydrogens (tertiary/aromatic N) is 2. The second kappa shape index (κ2) is 5.94. The highest BCUT2D eigenvalue weighted by Crippen LogP contribution is 2.13. The predicted molar refractivity (Wildman–Crippen MR) is 64.7 cm³/mol. The quantitative estimate of drug-likeness (QED) is 0.845. The Morgan fingerprint density at radius 1 is 1.58 bits per heavy atom. The maximum absolute atomic E-state index is 13.0. The first kappa shape index (κ1) is 13.0. The summed E-state index contributed by atoms with van der Waals surface area (Å²) in [7, 11) is 0. The van der Waals surface area contributed by atoms with Crippen molar-refractivity contribution in [3.8, 4) is 5.75 Å². The number of halogens is 1. The number of nitrogens with one attached hydrogen (secondary N) is 2. The molecule has 0 saturated carbocycles. The summed E-state index contributed by atoms with van der Waals surface area (Å²) >= 11 is 0. The normalized spacial score (nSPS) is 11.9. The van der Waals surface area contributed by atoms with Crippen LogP contribution in [0.3, 0.4) is 0 Å². The highest BCUT2D eigenvalue weighted by molar-refractivity contribution is 5.80. The Morgan fingerprint density at radius 3 is 3.11 bits per heavy atom. The number of H-pyrrole nitrogens is 1. The minimum atomic E-state index is -0.732. The zero-order chi connectivity index (χ0) is 13.7. The van der Waals surface area contributed by atoms with E-state index in [1.54, 1.807) is 13.0 Å². The van der Waals surface area contributed by atoms with Crippen LogP contribution in [0.1, 0.15) is 12.7 Å². The molecule has 1 unspecified atom stereocenters. The summed E-state index contributed by atoms with van der Waals surface area (Å²) in [6.07, 6.45) is 0.624. The molecule has 0 spiro atoms. The molecule has 1 heterocycles. The van der Waals surface area contributed by atoms with E-state index in [1.165, 1.54) is 24.5 Å². The minimum absolute atomic E-state index is 0.232. The van der Waals surface area contributed by atoms with Crippen LogP contribution in [0, 0.1) is 5.82 Å². The number of rotatable bonds is 5. The third-order valence-corrected chi connectivity index (χ3v) is 2.37. The van der Waals surface area contributed by atoms with Gasteiger partial charge in [0.25, 0.3) is 5.91 Å². The SMILES string of the molecule is CC(Oc1cccc(F)c1)C(=O)NCc1ncn[nH]1. The molecule has 100 valence electrons. The average Bonchev–Trinajstić information content (AvgIpc) is 2.89. The van der Waals surface area contributed by atoms with Crippen LogP contribution in [-0.4, -0.2) is 27.2 Å². The number of benzene rings is 1. The molecule has 7 heteroatoms. The summed E-state index contributed by atoms with van der Waals surface area (Å²) in [6, 6.07) is 5.63. The molecule has 0 saturated heterocycles. The van der Waals surface area contributed by atoms with E-state index in [0.29, 0.717) is 11.6 Å². The monoisotopic (exact) mass is 264 g/mol. The second-order valence-corrected chi connectivity index (χ2v) is 3.87. The number of hydrogen-bond acceptors (Lipinski definition) is 4. The van der Waals surface area contributed by atoms with Crippen molar-refractivity contribution in [3.63, 3.8) is 0 Å². The van der Waals surface area contributed by atoms with Crippen molar-refractivity contribution in [3.05, 3.63) is 42.2 Å². The Balaban J connectivity index is 1.85. The molecule has 1 amide bonds. The number of aromatic amines is 1. The van der Waals surface area contributed by atoms with Gasteiger partial charge in [0.15, 0.2) is 6.10 Å². The fraction of sp³-hybridized carbons (Fsp3) is 0.250. The molecule has 1 aromatic carbocycles. The van der Waals surface area contributed by atoms with Crippen LogP contribution in [0.2, 0.25) is 0 Å². The Bertz CT molecular complexity index is 544. The molecule has 1 aromatic heterocycles. The van der Waals surface area contributed by atoms with Crippen molar-refractivity contribution in [1.29, 1.82) is 0 Å². The van der Waals surface area contributed by atoms with Crippen LogP contribution in [-0.2, 0) is 11.3 Å². The third-order valence-electron chi connectivity index (χ3n) is 2.37. The number of aromatic nitrogens is 3. The van der Waals surface area contributed by atoms with Crippen molar-refractivity contribution >= 4 is 5.91 Å². The fourth-order valence-electron chi connectivity index (χ4n) is 1.43. The molecule has 0 radical (unpaired) electrons. The minimum Gasteiger partial charge on any atom is -0.481 e. The summed E-state index contributed by atoms with van der Waals surface area (Å²) in [4.78, 5) is 15.6. The lowest BCUT2D eigenvalue weighted by atomic mass is 10.3. The standard InChI is InChI=1S/C12H13FN4O2/c1-8(19-10-4-2-3-9(13)5-10)12(18)14-6-11-15-7-16-17-11/h2-5,7-8H,6H2,1H3,(H,14,18)(H,15,16,17). The van der Waals surface area contributed by atoms with Crippen molar-refractivity contribution in [1.82, 2.24) is 20.5 Å². The molecule has 2 rings (SSSR count). The van der Waals surface area contributed by atoms with Crippen LogP contribution in [0.5, 0.6) is 5.75 Å². The fourth-order valence-corrected chi connectivity index (χ4v) is 1.43. The molecule has 19 heavy (non-hydrogen) atoms. The van der Waals surface area contributed by atoms with Gasteiger partial charge >= 0.3 is 0 Å². The van der Waals surface area contributed by atoms with Gasteiger partial charge in [-0.3, -0.25) is 9.89 Å². The molecule has 0 aliphatic carbocycles. The van der Waals surface area contributed by atoms with Gasteiger partial charge < -0.3 is 10.1 Å². The Hall–Kier alpha value is -2.44. The zero-order valence-electron chi connectivity index (χ0n) is 10.3. The van der Waals surface area contributed by atoms with E-state index in [1.807, 2.05) is 0 Å². The molecule has 0 aliphatic rings. The average molecular weight is 264 g/mol. The topological polar surface area (TPSA) is 79.9 Å². The van der Waals surface area contributed by atoms with Crippen LogP contribution in [0.25, 0.3) is 0 Å². The first-order chi connectivity index (χ1) is 9.15. The van der Waals surface area contributed by atoms with Crippen LogP contribution in [0.15, 0.2) is 30.6 Å². The van der Waals surface area contributed by atoms with Gasteiger partial charge in [0.1, 0.15) is 23.7 Å². The maximum atomic E-state index is 13.0. The Labute approximate surface area is 109 Å². The van der Waals surface area contributed by atoms with Gasteiger partial charge in [0, 0.05) is 6.07 Å². The van der Waals surface area contributed by atoms with E-state index in [4.69, 9.17) is 4.74 Å². The number of amides is 1. The van der Waals surface area contributed by atoms with E-state index in [9.17, 15) is 9.18 Å². The third kappa shape index (κ3) is 3.77. The first-order valence-electron chi connectivity index (χ1n) is 5.69. The molecular weight excluding hydrogens is 251 g/mol. The molecule has 1 atom stereocenters. The van der Waals surface area contributed by atoms with Crippen molar-refractivity contribution < 1.29 is 13.9 Å². The highest BCUT2D eigenvalue weighted by atomic mass is 19.1. The predicted octanol–water partition coefficient (Wildman–Crippen LogP) is 1.03. The largest absolute Gasteiger partial charge is 0.481 e. The number of ether oxygens (including phenoxy) is 1. The first-order valence-corrected chi connectivity index (χ1v) is 5.69. The lowest BCUT2D eigenvalue weighted by Gasteiger charge is -2.14. The molecule has 2 N–H and O–H groups in total. The summed E-state index contributed by atoms with van der Waals surface area (Å²) in [6.45, 7) is 1.82. The van der Waals surface area contributed by atoms with Crippen LogP contribution >= 0.6 is 0 Å². The highest BCUT2D eigenvalue weighted by Gasteiger charge is 2.14. The van der Waals surface area contributed by atoms with Crippen LogP contribution in [0.4, 0.5) is 4.39 Å². The van der Waals surface area contributed by atoms with Gasteiger partial charge in [-0.2, -0.15) is 5.10 Å². The number of carbonyl (C=O) groups is 1. The summed E-state index contributed by atoms with van der Waals surface area (Å²) < 4.78 is 18.3. The summed E-state index contributed by atoms with van der Waals surface area (Å²) in [5, 5.41) is 8.91. The number of carbonyl (C=O) groups excluding carboxylic acids is 1. The Kier molecular flexibility index (Phi) is 4.07. The molecule has 6 nitrogen and oxygen atoms in total. The molecule has 0 fully saturated rings. The maximum Gasteiger partial charge on any atom is 0.261 e. The van der Waals surface area contributed by atoms with E-state index in [0.717, 1.165) is 0 Å². The van der Waals surface area contributed by atoms with Gasteiger partial charge in [-0.05, 0) is 19.1 Å². The van der Waals surface area contributed by atoms with E-state index in [2.05, 4.69) is 20.5 Å². The molecule has 2 aromatic rings. The smallest absolute Gasteiger partial charge is 0.261 e. The van der Waals surface area contributed by atoms with Crippen LogP contribution < -0.4 is 10.1 Å². The zero-order valence-corrected chi connectivity index (χ0v) is 10.3. The van der Waals surface area contributed by atoms with E-state index < -0.39 is 11.9 Å². The second-order valence-electron chi connectivity index (χ2n) is 3.87. The van der Waals surface area contributed by atoms with Gasteiger partial charge in [-0.25, -0.2) is 9.37 Å². The van der Waals surface area contributed by atoms with Gasteiger partial charge in [0.05, 0.1) is 6.54 Å². The number of hydrogen-bond donors (Lipinski definition) is 2.